The van der Waals surface area contributed by atoms with Crippen molar-refractivity contribution < 1.29 is 4.79 Å². The largest absolute Gasteiger partial charge is 0.373 e. The molecule has 0 aromatic carbocycles. The molecule has 5 nitrogen and oxygen atoms in total. The molecule has 0 unspecified atom stereocenters. The summed E-state index contributed by atoms with van der Waals surface area (Å²) >= 11 is 0. The van der Waals surface area contributed by atoms with Gasteiger partial charge in [0.1, 0.15) is 18.0 Å². The lowest BCUT2D eigenvalue weighted by atomic mass is 10.4. The van der Waals surface area contributed by atoms with Crippen LogP contribution >= 0.6 is 0 Å². The highest BCUT2D eigenvalue weighted by Crippen LogP contribution is 2.17. The number of ketones is 1. The van der Waals surface area contributed by atoms with Crippen LogP contribution in [0.25, 0.3) is 0 Å². The predicted molar refractivity (Wildman–Crippen MR) is 53.4 cm³/mol. The fourth-order valence-corrected chi connectivity index (χ4v) is 1.48. The molecular formula is C9H12N4O. The first-order chi connectivity index (χ1) is 6.79. The molecule has 0 aliphatic carbocycles. The average molecular weight is 192 g/mol. The summed E-state index contributed by atoms with van der Waals surface area (Å²) in [6.07, 6.45) is 2.13. The number of Topliss-reactive ketones (excluding diaryl/α,β-unsaturated/α-hetero) is 1. The van der Waals surface area contributed by atoms with Crippen LogP contribution in [0.5, 0.6) is 0 Å². The summed E-state index contributed by atoms with van der Waals surface area (Å²) in [5.74, 6) is 1.86. The molecule has 1 aromatic heterocycles. The number of nitrogens with one attached hydrogen (secondary N) is 1. The van der Waals surface area contributed by atoms with Gasteiger partial charge < -0.3 is 10.2 Å². The molecule has 1 aliphatic rings. The fourth-order valence-electron chi connectivity index (χ4n) is 1.48. The Morgan fingerprint density at radius 2 is 2.36 bits per heavy atom. The van der Waals surface area contributed by atoms with Crippen molar-refractivity contribution in [1.29, 1.82) is 0 Å². The maximum Gasteiger partial charge on any atom is 0.153 e. The molecule has 0 bridgehead atoms. The predicted octanol–water partition coefficient (Wildman–Crippen LogP) is 0.297. The standard InChI is InChI=1S/C9H12N4O/c1-10-8-4-9(12-6-11-8)13-3-2-7(14)5-13/h4,6H,2-3,5H2,1H3,(H,10,11,12). The smallest absolute Gasteiger partial charge is 0.153 e. The second-order valence-electron chi connectivity index (χ2n) is 3.22. The summed E-state index contributed by atoms with van der Waals surface area (Å²) in [4.78, 5) is 21.2. The van der Waals surface area contributed by atoms with E-state index in [0.29, 0.717) is 13.0 Å². The van der Waals surface area contributed by atoms with Crippen molar-refractivity contribution in [2.75, 3.05) is 30.4 Å². The SMILES string of the molecule is CNc1cc(N2CCC(=O)C2)ncn1. The number of rotatable bonds is 2. The molecule has 0 radical (unpaired) electrons. The molecule has 74 valence electrons. The number of hydrogen-bond donors (Lipinski definition) is 1. The molecule has 2 heterocycles. The molecule has 1 saturated heterocycles. The maximum absolute atomic E-state index is 11.1. The summed E-state index contributed by atoms with van der Waals surface area (Å²) in [6.45, 7) is 1.24. The highest BCUT2D eigenvalue weighted by atomic mass is 16.1. The minimum Gasteiger partial charge on any atom is -0.373 e. The first-order valence-electron chi connectivity index (χ1n) is 4.56. The fraction of sp³-hybridized carbons (Fsp3) is 0.444. The van der Waals surface area contributed by atoms with Crippen molar-refractivity contribution in [3.8, 4) is 0 Å². The van der Waals surface area contributed by atoms with Gasteiger partial charge in [0.15, 0.2) is 5.78 Å². The van der Waals surface area contributed by atoms with Crippen LogP contribution in [-0.4, -0.2) is 35.9 Å². The van der Waals surface area contributed by atoms with Gasteiger partial charge in [0.05, 0.1) is 6.54 Å². The van der Waals surface area contributed by atoms with Gasteiger partial charge in [-0.05, 0) is 0 Å². The van der Waals surface area contributed by atoms with Gasteiger partial charge in [0.25, 0.3) is 0 Å². The van der Waals surface area contributed by atoms with E-state index in [-0.39, 0.29) is 5.78 Å². The van der Waals surface area contributed by atoms with E-state index in [4.69, 9.17) is 0 Å². The van der Waals surface area contributed by atoms with E-state index < -0.39 is 0 Å². The summed E-state index contributed by atoms with van der Waals surface area (Å²) in [6, 6.07) is 1.85. The van der Waals surface area contributed by atoms with Crippen molar-refractivity contribution in [1.82, 2.24) is 9.97 Å². The van der Waals surface area contributed by atoms with Gasteiger partial charge >= 0.3 is 0 Å². The van der Waals surface area contributed by atoms with Crippen LogP contribution in [0, 0.1) is 0 Å². The molecule has 0 saturated carbocycles. The van der Waals surface area contributed by atoms with Gasteiger partial charge in [-0.2, -0.15) is 0 Å². The zero-order valence-corrected chi connectivity index (χ0v) is 8.03. The highest BCUT2D eigenvalue weighted by Gasteiger charge is 2.20. The lowest BCUT2D eigenvalue weighted by Gasteiger charge is -2.15. The molecule has 1 aliphatic heterocycles. The van der Waals surface area contributed by atoms with Crippen molar-refractivity contribution in [2.45, 2.75) is 6.42 Å². The molecule has 1 aromatic rings. The van der Waals surface area contributed by atoms with E-state index in [2.05, 4.69) is 15.3 Å². The van der Waals surface area contributed by atoms with Crippen LogP contribution in [0.2, 0.25) is 0 Å². The molecule has 5 heteroatoms. The first kappa shape index (κ1) is 8.93. The van der Waals surface area contributed by atoms with Crippen LogP contribution in [-0.2, 0) is 4.79 Å². The van der Waals surface area contributed by atoms with E-state index in [1.165, 1.54) is 6.33 Å². The molecule has 0 spiro atoms. The van der Waals surface area contributed by atoms with E-state index in [1.807, 2.05) is 11.0 Å². The summed E-state index contributed by atoms with van der Waals surface area (Å²) in [7, 11) is 1.81. The van der Waals surface area contributed by atoms with Gasteiger partial charge in [0, 0.05) is 26.1 Å². The second-order valence-corrected chi connectivity index (χ2v) is 3.22. The van der Waals surface area contributed by atoms with Crippen LogP contribution in [0.3, 0.4) is 0 Å². The Balaban J connectivity index is 2.19. The third-order valence-corrected chi connectivity index (χ3v) is 2.26. The van der Waals surface area contributed by atoms with Crippen LogP contribution in [0.4, 0.5) is 11.6 Å². The monoisotopic (exact) mass is 192 g/mol. The zero-order valence-electron chi connectivity index (χ0n) is 8.03. The van der Waals surface area contributed by atoms with Gasteiger partial charge in [-0.1, -0.05) is 0 Å². The Morgan fingerprint density at radius 3 is 3.00 bits per heavy atom. The van der Waals surface area contributed by atoms with E-state index in [1.54, 1.807) is 7.05 Å². The van der Waals surface area contributed by atoms with Crippen LogP contribution in [0.15, 0.2) is 12.4 Å². The Labute approximate surface area is 82.2 Å². The Bertz CT molecular complexity index is 352. The third kappa shape index (κ3) is 1.66. The molecule has 0 atom stereocenters. The number of hydrogen-bond acceptors (Lipinski definition) is 5. The number of aromatic nitrogens is 2. The average Bonchev–Trinajstić information content (AvgIpc) is 2.65. The molecule has 2 rings (SSSR count). The van der Waals surface area contributed by atoms with Gasteiger partial charge in [-0.25, -0.2) is 9.97 Å². The minimum absolute atomic E-state index is 0.273. The Hall–Kier alpha value is -1.65. The second kappa shape index (κ2) is 3.61. The van der Waals surface area contributed by atoms with Crippen molar-refractivity contribution in [3.05, 3.63) is 12.4 Å². The topological polar surface area (TPSA) is 58.1 Å². The number of nitrogens with zero attached hydrogens (tertiary/aromatic N) is 3. The van der Waals surface area contributed by atoms with Crippen molar-refractivity contribution in [2.24, 2.45) is 0 Å². The highest BCUT2D eigenvalue weighted by molar-refractivity contribution is 5.86. The van der Waals surface area contributed by atoms with Gasteiger partial charge in [-0.3, -0.25) is 4.79 Å². The van der Waals surface area contributed by atoms with Gasteiger partial charge in [0.2, 0.25) is 0 Å². The molecule has 1 N–H and O–H groups in total. The zero-order chi connectivity index (χ0) is 9.97. The quantitative estimate of drug-likeness (QED) is 0.730. The van der Waals surface area contributed by atoms with E-state index >= 15 is 0 Å². The van der Waals surface area contributed by atoms with Gasteiger partial charge in [-0.15, -0.1) is 0 Å². The van der Waals surface area contributed by atoms with Crippen molar-refractivity contribution in [3.63, 3.8) is 0 Å². The molecular weight excluding hydrogens is 180 g/mol. The first-order valence-corrected chi connectivity index (χ1v) is 4.56. The maximum atomic E-state index is 11.1. The Morgan fingerprint density at radius 1 is 1.50 bits per heavy atom. The summed E-state index contributed by atoms with van der Waals surface area (Å²) in [5.41, 5.74) is 0. The van der Waals surface area contributed by atoms with E-state index in [9.17, 15) is 4.79 Å². The van der Waals surface area contributed by atoms with Crippen molar-refractivity contribution >= 4 is 17.4 Å². The van der Waals surface area contributed by atoms with Crippen LogP contribution in [0.1, 0.15) is 6.42 Å². The number of carbonyl (C=O) groups excluding carboxylic acids is 1. The lowest BCUT2D eigenvalue weighted by Crippen LogP contribution is -2.20. The lowest BCUT2D eigenvalue weighted by molar-refractivity contribution is -0.116. The summed E-state index contributed by atoms with van der Waals surface area (Å²) in [5, 5.41) is 2.94. The molecule has 0 amide bonds. The van der Waals surface area contributed by atoms with Crippen LogP contribution < -0.4 is 10.2 Å². The molecule has 1 fully saturated rings. The number of anilines is 2. The van der Waals surface area contributed by atoms with E-state index in [0.717, 1.165) is 18.2 Å². The molecule has 14 heavy (non-hydrogen) atoms. The minimum atomic E-state index is 0.273. The number of carbonyl (C=O) groups is 1. The summed E-state index contributed by atoms with van der Waals surface area (Å²) < 4.78 is 0. The normalized spacial score (nSPS) is 16.1. The Kier molecular flexibility index (Phi) is 2.30. The third-order valence-electron chi connectivity index (χ3n) is 2.26.